The Labute approximate surface area is 107 Å². The van der Waals surface area contributed by atoms with Crippen LogP contribution in [-0.2, 0) is 9.53 Å². The highest BCUT2D eigenvalue weighted by Gasteiger charge is 2.50. The lowest BCUT2D eigenvalue weighted by Crippen LogP contribution is -2.51. The largest absolute Gasteiger partial charge is 0.481 e. The van der Waals surface area contributed by atoms with Crippen LogP contribution in [0.5, 0.6) is 0 Å². The average Bonchev–Trinajstić information content (AvgIpc) is 2.50. The highest BCUT2D eigenvalue weighted by Crippen LogP contribution is 2.49. The first-order chi connectivity index (χ1) is 8.26. The second-order valence-electron chi connectivity index (χ2n) is 6.42. The first-order valence-corrected chi connectivity index (χ1v) is 6.48. The molecule has 0 aromatic heterocycles. The van der Waals surface area contributed by atoms with Crippen LogP contribution in [0, 0.1) is 17.8 Å². The summed E-state index contributed by atoms with van der Waals surface area (Å²) < 4.78 is 5.20. The van der Waals surface area contributed by atoms with Gasteiger partial charge in [0.1, 0.15) is 5.60 Å². The fourth-order valence-corrected chi connectivity index (χ4v) is 3.05. The smallest absolute Gasteiger partial charge is 0.407 e. The molecule has 0 aromatic rings. The first kappa shape index (κ1) is 13.2. The molecule has 0 radical (unpaired) electrons. The fraction of sp³-hybridized carbons (Fsp3) is 0.846. The number of hydrogen-bond acceptors (Lipinski definition) is 3. The number of amides is 1. The summed E-state index contributed by atoms with van der Waals surface area (Å²) in [4.78, 5) is 22.5. The molecule has 5 nitrogen and oxygen atoms in total. The first-order valence-electron chi connectivity index (χ1n) is 6.48. The van der Waals surface area contributed by atoms with Crippen molar-refractivity contribution in [1.82, 2.24) is 5.32 Å². The van der Waals surface area contributed by atoms with Gasteiger partial charge in [-0.05, 0) is 51.9 Å². The molecule has 0 aliphatic heterocycles. The van der Waals surface area contributed by atoms with E-state index in [-0.39, 0.29) is 12.0 Å². The second-order valence-corrected chi connectivity index (χ2v) is 6.42. The van der Waals surface area contributed by atoms with E-state index in [4.69, 9.17) is 9.84 Å². The Bertz CT molecular complexity index is 360. The van der Waals surface area contributed by atoms with Crippen LogP contribution in [0.3, 0.4) is 0 Å². The molecule has 0 spiro atoms. The molecule has 1 amide bonds. The maximum Gasteiger partial charge on any atom is 0.407 e. The van der Waals surface area contributed by atoms with Crippen molar-refractivity contribution in [2.75, 3.05) is 0 Å². The maximum atomic E-state index is 11.6. The molecular formula is C13H21NO4. The van der Waals surface area contributed by atoms with Crippen molar-refractivity contribution in [3.63, 3.8) is 0 Å². The van der Waals surface area contributed by atoms with E-state index in [0.717, 1.165) is 12.8 Å². The minimum atomic E-state index is -0.708. The average molecular weight is 255 g/mol. The van der Waals surface area contributed by atoms with E-state index in [1.165, 1.54) is 0 Å². The number of hydrogen-bond donors (Lipinski definition) is 2. The van der Waals surface area contributed by atoms with Gasteiger partial charge >= 0.3 is 12.1 Å². The maximum absolute atomic E-state index is 11.6. The third-order valence-corrected chi connectivity index (χ3v) is 3.87. The van der Waals surface area contributed by atoms with Gasteiger partial charge in [-0.1, -0.05) is 0 Å². The number of carbonyl (C=O) groups excluding carboxylic acids is 1. The highest BCUT2D eigenvalue weighted by atomic mass is 16.6. The fourth-order valence-electron chi connectivity index (χ4n) is 3.05. The summed E-state index contributed by atoms with van der Waals surface area (Å²) in [7, 11) is 0. The molecule has 2 saturated carbocycles. The highest BCUT2D eigenvalue weighted by molar-refractivity contribution is 5.71. The monoisotopic (exact) mass is 255 g/mol. The molecule has 2 fully saturated rings. The SMILES string of the molecule is CC(C)(C)OC(=O)N[C@H]1C[C@H]2CC(C(=O)O)C[C@@H]21. The van der Waals surface area contributed by atoms with Gasteiger partial charge in [0, 0.05) is 6.04 Å². The van der Waals surface area contributed by atoms with E-state index >= 15 is 0 Å². The Balaban J connectivity index is 1.81. The number of fused-ring (bicyclic) bond motifs is 1. The van der Waals surface area contributed by atoms with Crippen LogP contribution in [0.25, 0.3) is 0 Å². The number of ether oxygens (including phenoxy) is 1. The molecule has 4 atom stereocenters. The second kappa shape index (κ2) is 4.44. The summed E-state index contributed by atoms with van der Waals surface area (Å²) in [5, 5.41) is 11.8. The predicted octanol–water partition coefficient (Wildman–Crippen LogP) is 2.01. The Morgan fingerprint density at radius 3 is 2.44 bits per heavy atom. The van der Waals surface area contributed by atoms with Gasteiger partial charge in [0.15, 0.2) is 0 Å². The zero-order valence-corrected chi connectivity index (χ0v) is 11.1. The molecule has 102 valence electrons. The molecule has 2 aliphatic carbocycles. The van der Waals surface area contributed by atoms with E-state index in [1.54, 1.807) is 0 Å². The van der Waals surface area contributed by atoms with Crippen LogP contribution in [0.4, 0.5) is 4.79 Å². The van der Waals surface area contributed by atoms with Crippen LogP contribution in [0.2, 0.25) is 0 Å². The van der Waals surface area contributed by atoms with Crippen LogP contribution in [0.1, 0.15) is 40.0 Å². The van der Waals surface area contributed by atoms with Crippen molar-refractivity contribution in [2.24, 2.45) is 17.8 Å². The van der Waals surface area contributed by atoms with Crippen LogP contribution in [-0.4, -0.2) is 28.8 Å². The summed E-state index contributed by atoms with van der Waals surface area (Å²) in [5.41, 5.74) is -0.494. The van der Waals surface area contributed by atoms with Gasteiger partial charge in [0.2, 0.25) is 0 Å². The zero-order chi connectivity index (χ0) is 13.5. The van der Waals surface area contributed by atoms with Gasteiger partial charge < -0.3 is 15.2 Å². The Hall–Kier alpha value is -1.26. The molecule has 5 heteroatoms. The predicted molar refractivity (Wildman–Crippen MR) is 65.1 cm³/mol. The molecule has 0 heterocycles. The van der Waals surface area contributed by atoms with Gasteiger partial charge in [0.25, 0.3) is 0 Å². The van der Waals surface area contributed by atoms with Gasteiger partial charge in [-0.15, -0.1) is 0 Å². The van der Waals surface area contributed by atoms with Crippen LogP contribution in [0.15, 0.2) is 0 Å². The minimum absolute atomic E-state index is 0.0919. The van der Waals surface area contributed by atoms with Gasteiger partial charge in [-0.3, -0.25) is 4.79 Å². The molecule has 2 rings (SSSR count). The number of carboxylic acids is 1. The van der Waals surface area contributed by atoms with E-state index < -0.39 is 17.7 Å². The van der Waals surface area contributed by atoms with Crippen molar-refractivity contribution < 1.29 is 19.4 Å². The van der Waals surface area contributed by atoms with E-state index in [2.05, 4.69) is 5.32 Å². The molecule has 18 heavy (non-hydrogen) atoms. The standard InChI is InChI=1S/C13H21NO4/c1-13(2,3)18-12(17)14-10-6-7-4-8(11(15)16)5-9(7)10/h7-10H,4-6H2,1-3H3,(H,14,17)(H,15,16)/t7-,8?,9+,10+/m1/s1. The molecule has 0 saturated heterocycles. The molecule has 0 aromatic carbocycles. The Kier molecular flexibility index (Phi) is 3.25. The third-order valence-electron chi connectivity index (χ3n) is 3.87. The molecule has 1 unspecified atom stereocenters. The number of alkyl carbamates (subject to hydrolysis) is 1. The molecule has 2 N–H and O–H groups in total. The molecule has 2 aliphatic rings. The third kappa shape index (κ3) is 2.76. The Morgan fingerprint density at radius 1 is 1.22 bits per heavy atom. The number of carbonyl (C=O) groups is 2. The van der Waals surface area contributed by atoms with Crippen LogP contribution >= 0.6 is 0 Å². The van der Waals surface area contributed by atoms with Crippen molar-refractivity contribution in [3.05, 3.63) is 0 Å². The van der Waals surface area contributed by atoms with Crippen molar-refractivity contribution in [3.8, 4) is 0 Å². The lowest BCUT2D eigenvalue weighted by Gasteiger charge is -2.40. The number of rotatable bonds is 2. The lowest BCUT2D eigenvalue weighted by atomic mass is 9.71. The van der Waals surface area contributed by atoms with Gasteiger partial charge in [-0.2, -0.15) is 0 Å². The summed E-state index contributed by atoms with van der Waals surface area (Å²) in [6.07, 6.45) is 1.92. The van der Waals surface area contributed by atoms with Crippen molar-refractivity contribution in [1.29, 1.82) is 0 Å². The van der Waals surface area contributed by atoms with E-state index in [0.29, 0.717) is 18.3 Å². The topological polar surface area (TPSA) is 75.6 Å². The Morgan fingerprint density at radius 2 is 1.89 bits per heavy atom. The molecule has 0 bridgehead atoms. The van der Waals surface area contributed by atoms with Crippen molar-refractivity contribution in [2.45, 2.75) is 51.7 Å². The molecular weight excluding hydrogens is 234 g/mol. The van der Waals surface area contributed by atoms with Crippen molar-refractivity contribution >= 4 is 12.1 Å². The normalized spacial score (nSPS) is 34.4. The quantitative estimate of drug-likeness (QED) is 0.791. The number of carboxylic acid groups (broad SMARTS) is 1. The van der Waals surface area contributed by atoms with Crippen LogP contribution < -0.4 is 5.32 Å². The van der Waals surface area contributed by atoms with E-state index in [9.17, 15) is 9.59 Å². The summed E-state index contributed by atoms with van der Waals surface area (Å²) in [6, 6.07) is 0.0919. The minimum Gasteiger partial charge on any atom is -0.481 e. The zero-order valence-electron chi connectivity index (χ0n) is 11.1. The van der Waals surface area contributed by atoms with Gasteiger partial charge in [0.05, 0.1) is 5.92 Å². The summed E-state index contributed by atoms with van der Waals surface area (Å²) in [5.74, 6) is -0.157. The van der Waals surface area contributed by atoms with Gasteiger partial charge in [-0.25, -0.2) is 4.79 Å². The lowest BCUT2D eigenvalue weighted by molar-refractivity contribution is -0.141. The summed E-state index contributed by atoms with van der Waals surface area (Å²) >= 11 is 0. The summed E-state index contributed by atoms with van der Waals surface area (Å²) in [6.45, 7) is 5.48. The number of nitrogens with one attached hydrogen (secondary N) is 1. The van der Waals surface area contributed by atoms with E-state index in [1.807, 2.05) is 20.8 Å². The number of aliphatic carboxylic acids is 1.